The molecule has 1 aliphatic rings. The molecule has 12 rings (SSSR count). The van der Waals surface area contributed by atoms with Gasteiger partial charge in [-0.25, -0.2) is 0 Å². The van der Waals surface area contributed by atoms with Crippen LogP contribution in [0.25, 0.3) is 93.6 Å². The Hall–Kier alpha value is -7.86. The van der Waals surface area contributed by atoms with Gasteiger partial charge >= 0.3 is 0 Å². The van der Waals surface area contributed by atoms with Gasteiger partial charge in [-0.15, -0.1) is 0 Å². The summed E-state index contributed by atoms with van der Waals surface area (Å²) in [5.41, 5.74) is 14.7. The fourth-order valence-electron chi connectivity index (χ4n) is 10.1. The van der Waals surface area contributed by atoms with Crippen molar-refractivity contribution in [2.45, 2.75) is 19.3 Å². The number of aromatic nitrogens is 3. The standard InChI is InChI=1S/C53H33N5/c1-53(2)43-28-49-41(37-18-8-10-20-45(37)56(49)34-14-4-3-5-15-34)26-39(43)40-27-42-38-19-9-13-23-48(38)58(50(42)29-44(40)53)52-33(31-55)24-32(30-54)25-51(52)57-46-21-11-6-16-35(46)36-17-7-12-22-47(36)57/h3-29H,1-2H3. The van der Waals surface area contributed by atoms with Gasteiger partial charge < -0.3 is 13.7 Å². The molecule has 5 nitrogen and oxygen atoms in total. The molecule has 11 aromatic rings. The molecule has 0 atom stereocenters. The quantitative estimate of drug-likeness (QED) is 0.181. The van der Waals surface area contributed by atoms with Gasteiger partial charge in [0.1, 0.15) is 6.07 Å². The number of fused-ring (bicyclic) bond motifs is 12. The lowest BCUT2D eigenvalue weighted by atomic mass is 9.82. The molecule has 0 saturated heterocycles. The molecule has 0 fully saturated rings. The van der Waals surface area contributed by atoms with Crippen LogP contribution in [0.1, 0.15) is 36.1 Å². The van der Waals surface area contributed by atoms with Gasteiger partial charge in [0.2, 0.25) is 0 Å². The van der Waals surface area contributed by atoms with E-state index in [1.807, 2.05) is 18.2 Å². The molecule has 3 heterocycles. The number of nitrogens with zero attached hydrogens (tertiary/aromatic N) is 5. The third kappa shape index (κ3) is 4.17. The topological polar surface area (TPSA) is 62.4 Å². The van der Waals surface area contributed by atoms with Crippen LogP contribution in [0.2, 0.25) is 0 Å². The summed E-state index contributed by atoms with van der Waals surface area (Å²) >= 11 is 0. The molecule has 3 aromatic heterocycles. The highest BCUT2D eigenvalue weighted by atomic mass is 15.1. The smallest absolute Gasteiger partial charge is 0.101 e. The van der Waals surface area contributed by atoms with E-state index < -0.39 is 0 Å². The summed E-state index contributed by atoms with van der Waals surface area (Å²) in [5, 5.41) is 28.2. The van der Waals surface area contributed by atoms with E-state index in [2.05, 4.69) is 179 Å². The Morgan fingerprint density at radius 3 is 1.38 bits per heavy atom. The number of benzene rings is 8. The molecule has 0 bridgehead atoms. The largest absolute Gasteiger partial charge is 0.309 e. The van der Waals surface area contributed by atoms with Crippen molar-refractivity contribution >= 4 is 65.4 Å². The molecule has 0 radical (unpaired) electrons. The first kappa shape index (κ1) is 32.4. The maximum atomic E-state index is 11.0. The summed E-state index contributed by atoms with van der Waals surface area (Å²) in [6, 6.07) is 62.8. The third-order valence-corrected chi connectivity index (χ3v) is 12.7. The molecule has 0 amide bonds. The molecule has 1 aliphatic carbocycles. The van der Waals surface area contributed by atoms with Gasteiger partial charge in [-0.05, 0) is 95.1 Å². The van der Waals surface area contributed by atoms with Gasteiger partial charge in [0, 0.05) is 43.4 Å². The Morgan fingerprint density at radius 1 is 0.414 bits per heavy atom. The second-order valence-electron chi connectivity index (χ2n) is 16.0. The van der Waals surface area contributed by atoms with Crippen LogP contribution < -0.4 is 0 Å². The lowest BCUT2D eigenvalue weighted by Crippen LogP contribution is -2.15. The zero-order valence-corrected chi connectivity index (χ0v) is 31.8. The van der Waals surface area contributed by atoms with Crippen molar-refractivity contribution in [1.29, 1.82) is 10.5 Å². The molecular weight excluding hydrogens is 707 g/mol. The maximum absolute atomic E-state index is 11.0. The summed E-state index contributed by atoms with van der Waals surface area (Å²) in [4.78, 5) is 0. The third-order valence-electron chi connectivity index (χ3n) is 12.7. The lowest BCUT2D eigenvalue weighted by molar-refractivity contribution is 0.661. The normalized spacial score (nSPS) is 13.1. The van der Waals surface area contributed by atoms with Gasteiger partial charge in [0.05, 0.1) is 61.7 Å². The number of hydrogen-bond donors (Lipinski definition) is 0. The summed E-state index contributed by atoms with van der Waals surface area (Å²) in [7, 11) is 0. The molecule has 0 unspecified atom stereocenters. The molecule has 0 saturated carbocycles. The number of nitriles is 2. The predicted molar refractivity (Wildman–Crippen MR) is 236 cm³/mol. The minimum atomic E-state index is -0.329. The van der Waals surface area contributed by atoms with Crippen LogP contribution in [-0.4, -0.2) is 13.7 Å². The molecule has 8 aromatic carbocycles. The Bertz CT molecular complexity index is 3620. The SMILES string of the molecule is CC1(C)c2cc3c(cc2-c2cc4c5ccccc5n(-c5c(C#N)cc(C#N)cc5-n5c6ccccc6c6ccccc65)c4cc21)c1ccccc1n3-c1ccccc1. The average Bonchev–Trinajstić information content (AvgIpc) is 3.95. The Labute approximate surface area is 334 Å². The fourth-order valence-corrected chi connectivity index (χ4v) is 10.1. The minimum Gasteiger partial charge on any atom is -0.309 e. The molecule has 0 spiro atoms. The molecule has 0 N–H and O–H groups in total. The Balaban J connectivity index is 1.18. The Kier molecular flexibility index (Phi) is 6.47. The van der Waals surface area contributed by atoms with Crippen LogP contribution in [0, 0.1) is 22.7 Å². The summed E-state index contributed by atoms with van der Waals surface area (Å²) in [6.07, 6.45) is 0. The molecular formula is C53H33N5. The first-order valence-corrected chi connectivity index (χ1v) is 19.6. The van der Waals surface area contributed by atoms with Crippen LogP contribution in [0.5, 0.6) is 0 Å². The van der Waals surface area contributed by atoms with E-state index in [0.717, 1.165) is 60.7 Å². The highest BCUT2D eigenvalue weighted by molar-refractivity contribution is 6.15. The van der Waals surface area contributed by atoms with E-state index in [9.17, 15) is 10.5 Å². The van der Waals surface area contributed by atoms with Crippen molar-refractivity contribution in [2.75, 3.05) is 0 Å². The Morgan fingerprint density at radius 2 is 0.862 bits per heavy atom. The molecule has 270 valence electrons. The van der Waals surface area contributed by atoms with Crippen molar-refractivity contribution in [3.63, 3.8) is 0 Å². The number of rotatable bonds is 3. The van der Waals surface area contributed by atoms with E-state index in [-0.39, 0.29) is 5.41 Å². The monoisotopic (exact) mass is 739 g/mol. The maximum Gasteiger partial charge on any atom is 0.101 e. The van der Waals surface area contributed by atoms with Crippen molar-refractivity contribution in [3.05, 3.63) is 186 Å². The zero-order valence-electron chi connectivity index (χ0n) is 31.8. The highest BCUT2D eigenvalue weighted by Crippen LogP contribution is 2.53. The van der Waals surface area contributed by atoms with Gasteiger partial charge in [-0.2, -0.15) is 10.5 Å². The first-order chi connectivity index (χ1) is 28.5. The fraction of sp³-hybridized carbons (Fsp3) is 0.0566. The van der Waals surface area contributed by atoms with Gasteiger partial charge in [0.15, 0.2) is 0 Å². The second kappa shape index (κ2) is 11.6. The second-order valence-corrected chi connectivity index (χ2v) is 16.0. The van der Waals surface area contributed by atoms with Crippen LogP contribution in [0.4, 0.5) is 0 Å². The van der Waals surface area contributed by atoms with E-state index in [0.29, 0.717) is 11.1 Å². The highest BCUT2D eigenvalue weighted by Gasteiger charge is 2.38. The van der Waals surface area contributed by atoms with Crippen molar-refractivity contribution in [3.8, 4) is 40.3 Å². The van der Waals surface area contributed by atoms with Gasteiger partial charge in [-0.1, -0.05) is 105 Å². The summed E-state index contributed by atoms with van der Waals surface area (Å²) in [5.74, 6) is 0. The lowest BCUT2D eigenvalue weighted by Gasteiger charge is -2.23. The summed E-state index contributed by atoms with van der Waals surface area (Å²) in [6.45, 7) is 4.67. The number of hydrogen-bond acceptors (Lipinski definition) is 2. The van der Waals surface area contributed by atoms with Crippen LogP contribution in [0.3, 0.4) is 0 Å². The van der Waals surface area contributed by atoms with E-state index in [1.165, 1.54) is 44.1 Å². The van der Waals surface area contributed by atoms with E-state index in [4.69, 9.17) is 0 Å². The first-order valence-electron chi connectivity index (χ1n) is 19.6. The zero-order chi connectivity index (χ0) is 38.9. The van der Waals surface area contributed by atoms with Crippen LogP contribution in [0.15, 0.2) is 164 Å². The molecule has 0 aliphatic heterocycles. The van der Waals surface area contributed by atoms with Crippen molar-refractivity contribution in [2.24, 2.45) is 0 Å². The van der Waals surface area contributed by atoms with Crippen LogP contribution in [-0.2, 0) is 5.41 Å². The van der Waals surface area contributed by atoms with E-state index in [1.54, 1.807) is 6.07 Å². The van der Waals surface area contributed by atoms with Gasteiger partial charge in [-0.3, -0.25) is 0 Å². The minimum absolute atomic E-state index is 0.329. The van der Waals surface area contributed by atoms with Crippen molar-refractivity contribution < 1.29 is 0 Å². The summed E-state index contributed by atoms with van der Waals surface area (Å²) < 4.78 is 6.90. The average molecular weight is 740 g/mol. The molecule has 58 heavy (non-hydrogen) atoms. The predicted octanol–water partition coefficient (Wildman–Crippen LogP) is 13.0. The van der Waals surface area contributed by atoms with Crippen LogP contribution >= 0.6 is 0 Å². The van der Waals surface area contributed by atoms with Gasteiger partial charge in [0.25, 0.3) is 0 Å². The van der Waals surface area contributed by atoms with Crippen molar-refractivity contribution in [1.82, 2.24) is 13.7 Å². The number of para-hydroxylation sites is 5. The van der Waals surface area contributed by atoms with E-state index >= 15 is 0 Å². The molecule has 5 heteroatoms.